The maximum atomic E-state index is 16.0. The van der Waals surface area contributed by atoms with Crippen molar-refractivity contribution in [3.8, 4) is 11.3 Å². The second kappa shape index (κ2) is 16.3. The summed E-state index contributed by atoms with van der Waals surface area (Å²) in [6.45, 7) is 28.5. The highest BCUT2D eigenvalue weighted by atomic mass is 16.5. The lowest BCUT2D eigenvalue weighted by Crippen LogP contribution is -2.67. The number of imidazole rings is 1. The van der Waals surface area contributed by atoms with Gasteiger partial charge in [0.25, 0.3) is 0 Å². The number of aliphatic carboxylic acids is 1. The molecule has 1 amide bonds. The van der Waals surface area contributed by atoms with Crippen LogP contribution in [0.5, 0.6) is 0 Å². The molecule has 1 aromatic heterocycles. The van der Waals surface area contributed by atoms with Gasteiger partial charge >= 0.3 is 11.9 Å². The molecule has 2 aromatic rings. The largest absolute Gasteiger partial charge is 0.481 e. The zero-order valence-corrected chi connectivity index (χ0v) is 41.9. The van der Waals surface area contributed by atoms with E-state index in [0.717, 1.165) is 107 Å². The predicted molar refractivity (Wildman–Crippen MR) is 259 cm³/mol. The van der Waals surface area contributed by atoms with Crippen molar-refractivity contribution in [3.63, 3.8) is 0 Å². The zero-order valence-electron chi connectivity index (χ0n) is 41.9. The van der Waals surface area contributed by atoms with E-state index in [0.29, 0.717) is 41.9 Å². The molecule has 9 heteroatoms. The minimum Gasteiger partial charge on any atom is -0.481 e. The highest BCUT2D eigenvalue weighted by molar-refractivity contribution is 5.85. The quantitative estimate of drug-likeness (QED) is 0.187. The van der Waals surface area contributed by atoms with Gasteiger partial charge in [-0.05, 0) is 168 Å². The standard InChI is InChI=1S/C57H82N4O5/c1-36(2)38-21-26-57(51(65)61-31-15-18-43(61)48-58-42(37-16-11-10-12-17-37)35-60(48)33-32-59-29-13-14-30-59)28-27-55(8)39(47(38)57)19-20-45-54(7)24-23-46(53(5,6)44(54)22-25-56(45,55)9)66-50(64)41-34-40(49(62)63)52(41,3)4/h10-12,16-17,35,38-41,43-47H,1,13-15,18-34H2,2-9H3,(H,62,63)/t38-,39?,40-,41+,43-,44-,45+,46-,47+,54?,55+,56+,57?/m0/s1. The van der Waals surface area contributed by atoms with Crippen molar-refractivity contribution >= 4 is 17.8 Å². The minimum atomic E-state index is -0.814. The number of ether oxygens (including phenoxy) is 1. The van der Waals surface area contributed by atoms with Crippen LogP contribution < -0.4 is 0 Å². The van der Waals surface area contributed by atoms with Crippen molar-refractivity contribution in [2.24, 2.45) is 73.9 Å². The fraction of sp³-hybridized carbons (Fsp3) is 0.754. The van der Waals surface area contributed by atoms with E-state index >= 15 is 4.79 Å². The number of benzene rings is 1. The third kappa shape index (κ3) is 6.81. The monoisotopic (exact) mass is 903 g/mol. The molecule has 360 valence electrons. The maximum Gasteiger partial charge on any atom is 0.309 e. The van der Waals surface area contributed by atoms with Crippen molar-refractivity contribution in [3.05, 3.63) is 54.5 Å². The van der Waals surface area contributed by atoms with E-state index in [4.69, 9.17) is 9.72 Å². The molecular weight excluding hydrogens is 821 g/mol. The van der Waals surface area contributed by atoms with E-state index in [1.54, 1.807) is 0 Å². The molecule has 0 spiro atoms. The molecule has 13 atom stereocenters. The van der Waals surface area contributed by atoms with Crippen LogP contribution in [0.4, 0.5) is 0 Å². The molecule has 9 nitrogen and oxygen atoms in total. The Balaban J connectivity index is 0.913. The number of aromatic nitrogens is 2. The Labute approximate surface area is 396 Å². The van der Waals surface area contributed by atoms with Gasteiger partial charge in [0.2, 0.25) is 5.91 Å². The second-order valence-electron chi connectivity index (χ2n) is 25.4. The first-order chi connectivity index (χ1) is 31.3. The molecule has 66 heavy (non-hydrogen) atoms. The molecule has 3 unspecified atom stereocenters. The molecule has 0 bridgehead atoms. The van der Waals surface area contributed by atoms with Crippen LogP contribution in [0.1, 0.15) is 164 Å². The van der Waals surface area contributed by atoms with Crippen LogP contribution in [0.3, 0.4) is 0 Å². The number of carbonyl (C=O) groups is 3. The van der Waals surface area contributed by atoms with Crippen molar-refractivity contribution in [1.29, 1.82) is 0 Å². The van der Waals surface area contributed by atoms with Gasteiger partial charge < -0.3 is 24.2 Å². The topological polar surface area (TPSA) is 105 Å². The van der Waals surface area contributed by atoms with Crippen molar-refractivity contribution < 1.29 is 24.2 Å². The molecule has 2 aliphatic heterocycles. The van der Waals surface area contributed by atoms with E-state index in [1.165, 1.54) is 37.9 Å². The molecule has 6 aliphatic carbocycles. The Bertz CT molecular complexity index is 2230. The Morgan fingerprint density at radius 2 is 1.52 bits per heavy atom. The second-order valence-corrected chi connectivity index (χ2v) is 25.4. The number of hydrogen-bond donors (Lipinski definition) is 1. The van der Waals surface area contributed by atoms with Gasteiger partial charge in [0, 0.05) is 36.8 Å². The average molecular weight is 903 g/mol. The van der Waals surface area contributed by atoms with Gasteiger partial charge in [-0.2, -0.15) is 0 Å². The zero-order chi connectivity index (χ0) is 46.8. The molecule has 8 fully saturated rings. The number of esters is 1. The van der Waals surface area contributed by atoms with Gasteiger partial charge in [-0.1, -0.05) is 91.0 Å². The maximum absolute atomic E-state index is 16.0. The number of hydrogen-bond acceptors (Lipinski definition) is 6. The van der Waals surface area contributed by atoms with Gasteiger partial charge in [-0.25, -0.2) is 4.98 Å². The first kappa shape index (κ1) is 46.3. The minimum absolute atomic E-state index is 0.0103. The number of fused-ring (bicyclic) bond motifs is 7. The van der Waals surface area contributed by atoms with E-state index in [-0.39, 0.29) is 51.1 Å². The summed E-state index contributed by atoms with van der Waals surface area (Å²) >= 11 is 0. The fourth-order valence-electron chi connectivity index (χ4n) is 18.1. The lowest BCUT2D eigenvalue weighted by Gasteiger charge is -2.73. The SMILES string of the molecule is C=C(C)[C@@H]1CCC2(C(=O)N3CCC[C@H]3c3nc(-c4ccccc4)cn3CCN3CCCC3)CC[C@]3(C)C(CC[C@@H]4C5(C)CC[C@H](OC(=O)[C@H]6C[C@@H](C(=O)O)C6(C)C)C(C)(C)[C@@H]5CC[C@]43C)[C@@H]12. The van der Waals surface area contributed by atoms with Crippen molar-refractivity contribution in [2.45, 2.75) is 170 Å². The molecule has 3 heterocycles. The third-order valence-electron chi connectivity index (χ3n) is 22.1. The first-order valence-electron chi connectivity index (χ1n) is 26.5. The number of rotatable bonds is 10. The summed E-state index contributed by atoms with van der Waals surface area (Å²) in [5.41, 5.74) is 2.59. The summed E-state index contributed by atoms with van der Waals surface area (Å²) < 4.78 is 8.92. The molecule has 1 aromatic carbocycles. The number of carboxylic acid groups (broad SMARTS) is 1. The molecule has 6 saturated carbocycles. The highest BCUT2D eigenvalue weighted by Crippen LogP contribution is 2.78. The molecule has 1 N–H and O–H groups in total. The summed E-state index contributed by atoms with van der Waals surface area (Å²) in [5, 5.41) is 9.75. The third-order valence-corrected chi connectivity index (χ3v) is 22.1. The molecule has 2 saturated heterocycles. The van der Waals surface area contributed by atoms with Crippen molar-refractivity contribution in [1.82, 2.24) is 19.4 Å². The van der Waals surface area contributed by atoms with Crippen LogP contribution in [-0.4, -0.2) is 74.6 Å². The van der Waals surface area contributed by atoms with Crippen molar-refractivity contribution in [2.75, 3.05) is 26.2 Å². The summed E-state index contributed by atoms with van der Waals surface area (Å²) in [7, 11) is 0. The molecule has 0 radical (unpaired) electrons. The van der Waals surface area contributed by atoms with Crippen LogP contribution in [0.2, 0.25) is 0 Å². The van der Waals surface area contributed by atoms with E-state index in [9.17, 15) is 14.7 Å². The average Bonchev–Trinajstić information content (AvgIpc) is 4.11. The van der Waals surface area contributed by atoms with Gasteiger partial charge in [-0.15, -0.1) is 0 Å². The Morgan fingerprint density at radius 1 is 0.773 bits per heavy atom. The summed E-state index contributed by atoms with van der Waals surface area (Å²) in [5.74, 6) is 1.69. The molecule has 8 aliphatic rings. The molecule has 10 rings (SSSR count). The van der Waals surface area contributed by atoms with E-state index in [2.05, 4.69) is 99.0 Å². The van der Waals surface area contributed by atoms with Crippen LogP contribution in [-0.2, 0) is 25.7 Å². The number of amides is 1. The predicted octanol–water partition coefficient (Wildman–Crippen LogP) is 11.6. The summed E-state index contributed by atoms with van der Waals surface area (Å²) in [6, 6.07) is 10.6. The van der Waals surface area contributed by atoms with E-state index < -0.39 is 17.3 Å². The molecular formula is C57H82N4O5. The summed E-state index contributed by atoms with van der Waals surface area (Å²) in [6.07, 6.45) is 17.6. The van der Waals surface area contributed by atoms with Crippen LogP contribution in [0, 0.1) is 73.9 Å². The first-order valence-corrected chi connectivity index (χ1v) is 26.5. The smallest absolute Gasteiger partial charge is 0.309 e. The number of nitrogens with zero attached hydrogens (tertiary/aromatic N) is 4. The number of likely N-dealkylation sites (tertiary alicyclic amines) is 2. The lowest BCUT2D eigenvalue weighted by atomic mass is 9.32. The highest BCUT2D eigenvalue weighted by Gasteiger charge is 2.73. The Hall–Kier alpha value is -3.46. The van der Waals surface area contributed by atoms with Crippen LogP contribution >= 0.6 is 0 Å². The van der Waals surface area contributed by atoms with Gasteiger partial charge in [0.15, 0.2) is 0 Å². The van der Waals surface area contributed by atoms with Crippen LogP contribution in [0.25, 0.3) is 11.3 Å². The van der Waals surface area contributed by atoms with Gasteiger partial charge in [0.1, 0.15) is 11.9 Å². The van der Waals surface area contributed by atoms with Gasteiger partial charge in [0.05, 0.1) is 29.0 Å². The van der Waals surface area contributed by atoms with Gasteiger partial charge in [-0.3, -0.25) is 14.4 Å². The Morgan fingerprint density at radius 3 is 2.21 bits per heavy atom. The van der Waals surface area contributed by atoms with Crippen LogP contribution in [0.15, 0.2) is 48.7 Å². The number of carbonyl (C=O) groups excluding carboxylic acids is 2. The fourth-order valence-corrected chi connectivity index (χ4v) is 18.1. The normalized spacial score (nSPS) is 41.2. The summed E-state index contributed by atoms with van der Waals surface area (Å²) in [4.78, 5) is 52.0. The van der Waals surface area contributed by atoms with E-state index in [1.807, 2.05) is 13.8 Å². The Kier molecular flexibility index (Phi) is 11.4. The number of allylic oxidation sites excluding steroid dienone is 1. The lowest BCUT2D eigenvalue weighted by molar-refractivity contribution is -0.251. The number of carboxylic acids is 1.